The maximum absolute atomic E-state index is 12.9. The topological polar surface area (TPSA) is 133 Å². The molecule has 1 heterocycles. The summed E-state index contributed by atoms with van der Waals surface area (Å²) in [5.74, 6) is 2.26. The third-order valence-electron chi connectivity index (χ3n) is 10.5. The van der Waals surface area contributed by atoms with Gasteiger partial charge in [-0.3, -0.25) is 0 Å². The molecular weight excluding hydrogens is 623 g/mol. The van der Waals surface area contributed by atoms with Gasteiger partial charge in [0.1, 0.15) is 28.8 Å². The smallest absolute Gasteiger partial charge is 0.444 e. The summed E-state index contributed by atoms with van der Waals surface area (Å²) in [7, 11) is 0. The van der Waals surface area contributed by atoms with Crippen LogP contribution in [0.15, 0.2) is 30.5 Å². The van der Waals surface area contributed by atoms with Gasteiger partial charge in [0.2, 0.25) is 5.95 Å². The molecule has 0 aliphatic heterocycles. The van der Waals surface area contributed by atoms with Crippen molar-refractivity contribution in [3.8, 4) is 11.8 Å². The Bertz CT molecular complexity index is 1480. The van der Waals surface area contributed by atoms with E-state index in [1.165, 1.54) is 31.2 Å². The van der Waals surface area contributed by atoms with Crippen molar-refractivity contribution >= 4 is 17.9 Å². The number of alkyl carbamates (subject to hydrolysis) is 1. The molecule has 5 aliphatic rings. The summed E-state index contributed by atoms with van der Waals surface area (Å²) in [4.78, 5) is 21.0. The molecule has 0 saturated heterocycles. The minimum atomic E-state index is -4.80. The summed E-state index contributed by atoms with van der Waals surface area (Å²) in [6, 6.07) is 9.20. The molecule has 5 aliphatic carbocycles. The average Bonchev–Trinajstić information content (AvgIpc) is 3.00. The van der Waals surface area contributed by atoms with Crippen molar-refractivity contribution in [1.29, 1.82) is 5.26 Å². The van der Waals surface area contributed by atoms with Gasteiger partial charge in [0.25, 0.3) is 0 Å². The van der Waals surface area contributed by atoms with Crippen molar-refractivity contribution in [1.82, 2.24) is 20.6 Å². The second kappa shape index (κ2) is 13.6. The molecule has 4 N–H and O–H groups in total. The van der Waals surface area contributed by atoms with E-state index in [0.717, 1.165) is 44.9 Å². The number of carbonyl (C=O) groups excluding carboxylic acids is 1. The quantitative estimate of drug-likeness (QED) is 0.213. The van der Waals surface area contributed by atoms with Gasteiger partial charge >= 0.3 is 12.5 Å². The molecule has 1 unspecified atom stereocenters. The van der Waals surface area contributed by atoms with Crippen LogP contribution in [0, 0.1) is 34.5 Å². The number of rotatable bonds is 10. The van der Waals surface area contributed by atoms with Gasteiger partial charge in [0, 0.05) is 36.8 Å². The van der Waals surface area contributed by atoms with Crippen molar-refractivity contribution in [3.63, 3.8) is 0 Å². The van der Waals surface area contributed by atoms with E-state index >= 15 is 0 Å². The van der Waals surface area contributed by atoms with E-state index in [0.29, 0.717) is 53.3 Å². The predicted molar refractivity (Wildman–Crippen MR) is 174 cm³/mol. The van der Waals surface area contributed by atoms with E-state index in [1.54, 1.807) is 12.1 Å². The number of nitriles is 1. The first-order valence-corrected chi connectivity index (χ1v) is 17.1. The lowest BCUT2D eigenvalue weighted by Crippen LogP contribution is -2.61. The fourth-order valence-electron chi connectivity index (χ4n) is 8.84. The van der Waals surface area contributed by atoms with E-state index in [4.69, 9.17) is 4.74 Å². The zero-order chi connectivity index (χ0) is 34.1. The first kappa shape index (κ1) is 34.1. The largest absolute Gasteiger partial charge is 0.573 e. The Kier molecular flexibility index (Phi) is 9.67. The number of para-hydroxylation sites is 1. The number of alkyl halides is 3. The number of nitrogens with one attached hydrogen (secondary N) is 4. The Morgan fingerprint density at radius 1 is 1.02 bits per heavy atom. The normalized spacial score (nSPS) is 29.5. The van der Waals surface area contributed by atoms with E-state index in [1.807, 2.05) is 20.8 Å². The number of halogens is 3. The highest BCUT2D eigenvalue weighted by Crippen LogP contribution is 2.60. The molecule has 0 radical (unpaired) electrons. The Morgan fingerprint density at radius 3 is 2.38 bits per heavy atom. The lowest BCUT2D eigenvalue weighted by atomic mass is 9.47. The van der Waals surface area contributed by atoms with E-state index in [-0.39, 0.29) is 35.8 Å². The molecule has 0 spiro atoms. The monoisotopic (exact) mass is 669 g/mol. The molecule has 5 saturated carbocycles. The number of benzene rings is 1. The Labute approximate surface area is 280 Å². The molecule has 7 rings (SSSR count). The Balaban J connectivity index is 1.03. The SMILES string of the molecule is CC(C)(C)OC(=O)NC1CCC(N[C@H]2[C@@H]3CC4C[C@H]2C[C@@](CNc2nc(NCc5ccccc5OC(F)(F)F)ncc2C#N)(C4)C3)CC1. The number of amides is 1. The molecular formula is C35H46F3N7O3. The lowest BCUT2D eigenvalue weighted by Gasteiger charge is -2.61. The molecule has 260 valence electrons. The minimum absolute atomic E-state index is 0.0167. The summed E-state index contributed by atoms with van der Waals surface area (Å²) in [6.45, 7) is 6.35. The molecule has 2 aromatic rings. The average molecular weight is 670 g/mol. The number of hydrogen-bond donors (Lipinski definition) is 4. The van der Waals surface area contributed by atoms with Crippen molar-refractivity contribution in [2.45, 2.75) is 115 Å². The Morgan fingerprint density at radius 2 is 1.71 bits per heavy atom. The molecule has 13 heteroatoms. The number of aromatic nitrogens is 2. The maximum Gasteiger partial charge on any atom is 0.573 e. The summed E-state index contributed by atoms with van der Waals surface area (Å²) in [5.41, 5.74) is 0.251. The van der Waals surface area contributed by atoms with E-state index in [9.17, 15) is 23.2 Å². The summed E-state index contributed by atoms with van der Waals surface area (Å²) < 4.78 is 48.2. The maximum atomic E-state index is 12.9. The van der Waals surface area contributed by atoms with Crippen molar-refractivity contribution in [3.05, 3.63) is 41.6 Å². The van der Waals surface area contributed by atoms with Gasteiger partial charge in [-0.2, -0.15) is 10.2 Å². The van der Waals surface area contributed by atoms with Crippen LogP contribution in [-0.2, 0) is 11.3 Å². The fourth-order valence-corrected chi connectivity index (χ4v) is 8.84. The zero-order valence-corrected chi connectivity index (χ0v) is 27.8. The van der Waals surface area contributed by atoms with Gasteiger partial charge in [-0.1, -0.05) is 18.2 Å². The molecule has 10 nitrogen and oxygen atoms in total. The van der Waals surface area contributed by atoms with Crippen LogP contribution in [0.2, 0.25) is 0 Å². The van der Waals surface area contributed by atoms with Crippen molar-refractivity contribution in [2.24, 2.45) is 23.2 Å². The molecule has 48 heavy (non-hydrogen) atoms. The highest BCUT2D eigenvalue weighted by atomic mass is 19.4. The van der Waals surface area contributed by atoms with Crippen LogP contribution in [0.3, 0.4) is 0 Å². The van der Waals surface area contributed by atoms with Gasteiger partial charge in [-0.05, 0) is 108 Å². The van der Waals surface area contributed by atoms with Crippen LogP contribution < -0.4 is 26.0 Å². The van der Waals surface area contributed by atoms with Gasteiger partial charge < -0.3 is 30.7 Å². The van der Waals surface area contributed by atoms with Crippen LogP contribution in [0.1, 0.15) is 89.7 Å². The van der Waals surface area contributed by atoms with Crippen LogP contribution in [0.4, 0.5) is 29.7 Å². The molecule has 4 bridgehead atoms. The first-order valence-electron chi connectivity index (χ1n) is 17.1. The number of hydrogen-bond acceptors (Lipinski definition) is 9. The molecule has 5 atom stereocenters. The molecule has 1 aromatic heterocycles. The highest BCUT2D eigenvalue weighted by Gasteiger charge is 2.55. The van der Waals surface area contributed by atoms with Gasteiger partial charge in [-0.25, -0.2) is 9.78 Å². The third kappa shape index (κ3) is 8.43. The fraction of sp³-hybridized carbons (Fsp3) is 0.657. The van der Waals surface area contributed by atoms with Gasteiger partial charge in [-0.15, -0.1) is 13.2 Å². The first-order chi connectivity index (χ1) is 22.8. The lowest BCUT2D eigenvalue weighted by molar-refractivity contribution is -0.274. The molecule has 5 fully saturated rings. The molecule has 1 amide bonds. The van der Waals surface area contributed by atoms with E-state index in [2.05, 4.69) is 42.0 Å². The van der Waals surface area contributed by atoms with E-state index < -0.39 is 12.0 Å². The summed E-state index contributed by atoms with van der Waals surface area (Å²) in [5, 5.41) is 23.3. The van der Waals surface area contributed by atoms with Crippen LogP contribution in [0.25, 0.3) is 0 Å². The van der Waals surface area contributed by atoms with Crippen molar-refractivity contribution in [2.75, 3.05) is 17.2 Å². The molecule has 1 aromatic carbocycles. The van der Waals surface area contributed by atoms with Gasteiger partial charge in [0.05, 0.1) is 6.20 Å². The number of ether oxygens (including phenoxy) is 2. The highest BCUT2D eigenvalue weighted by molar-refractivity contribution is 5.68. The van der Waals surface area contributed by atoms with Crippen LogP contribution in [-0.4, -0.2) is 52.7 Å². The summed E-state index contributed by atoms with van der Waals surface area (Å²) in [6.07, 6.45) is 6.16. The second-order valence-corrected chi connectivity index (χ2v) is 15.3. The van der Waals surface area contributed by atoms with Crippen LogP contribution in [0.5, 0.6) is 5.75 Å². The number of anilines is 2. The second-order valence-electron chi connectivity index (χ2n) is 15.3. The third-order valence-corrected chi connectivity index (χ3v) is 10.5. The van der Waals surface area contributed by atoms with Crippen LogP contribution >= 0.6 is 0 Å². The number of carbonyl (C=O) groups is 1. The Hall–Kier alpha value is -3.79. The van der Waals surface area contributed by atoms with Crippen molar-refractivity contribution < 1.29 is 27.4 Å². The standard InChI is InChI=1S/C35H46F3N7O3/c1-33(2,3)48-32(46)44-27-10-8-26(9-11-27)43-29-23-12-21-13-24(29)16-34(14-21,15-23)20-42-30-25(17-39)19-41-31(45-30)40-18-22-6-4-5-7-28(22)47-35(36,37)38/h4-7,19,21,23-24,26-27,29,43H,8-16,18,20H2,1-3H3,(H,44,46)(H2,40,41,42,45)/t21?,23-,24+,26?,27?,29+,34-. The van der Waals surface area contributed by atoms with Gasteiger partial charge in [0.15, 0.2) is 0 Å². The zero-order valence-electron chi connectivity index (χ0n) is 27.8. The summed E-state index contributed by atoms with van der Waals surface area (Å²) >= 11 is 0. The predicted octanol–water partition coefficient (Wildman–Crippen LogP) is 6.89. The minimum Gasteiger partial charge on any atom is -0.444 e. The number of nitrogens with zero attached hydrogens (tertiary/aromatic N) is 3.